The molecule has 0 saturated carbocycles. The zero-order valence-electron chi connectivity index (χ0n) is 11.3. The molecule has 0 aliphatic heterocycles. The lowest BCUT2D eigenvalue weighted by molar-refractivity contribution is 0.387. The van der Waals surface area contributed by atoms with E-state index in [0.29, 0.717) is 23.8 Å². The van der Waals surface area contributed by atoms with Gasteiger partial charge in [0.2, 0.25) is 15.9 Å². The maximum absolute atomic E-state index is 12.3. The highest BCUT2D eigenvalue weighted by Gasteiger charge is 2.18. The van der Waals surface area contributed by atoms with Crippen molar-refractivity contribution >= 4 is 10.0 Å². The van der Waals surface area contributed by atoms with E-state index in [1.54, 1.807) is 26.0 Å². The SMILES string of the molecule is Cc1nc(CNS(=O)(=O)c2cccc(CN)c2C)no1. The topological polar surface area (TPSA) is 111 Å². The number of rotatable bonds is 5. The van der Waals surface area contributed by atoms with Crippen LogP contribution in [0, 0.1) is 13.8 Å². The molecule has 2 rings (SSSR count). The van der Waals surface area contributed by atoms with Crippen molar-refractivity contribution in [2.45, 2.75) is 31.8 Å². The number of hydrogen-bond acceptors (Lipinski definition) is 6. The van der Waals surface area contributed by atoms with Crippen LogP contribution in [0.3, 0.4) is 0 Å². The Balaban J connectivity index is 2.22. The van der Waals surface area contributed by atoms with Gasteiger partial charge >= 0.3 is 0 Å². The highest BCUT2D eigenvalue weighted by Crippen LogP contribution is 2.18. The highest BCUT2D eigenvalue weighted by atomic mass is 32.2. The zero-order chi connectivity index (χ0) is 14.8. The van der Waals surface area contributed by atoms with Gasteiger partial charge in [-0.05, 0) is 24.1 Å². The molecule has 0 fully saturated rings. The first kappa shape index (κ1) is 14.6. The maximum Gasteiger partial charge on any atom is 0.241 e. The van der Waals surface area contributed by atoms with Crippen LogP contribution in [0.4, 0.5) is 0 Å². The molecule has 1 heterocycles. The van der Waals surface area contributed by atoms with Crippen molar-refractivity contribution in [3.63, 3.8) is 0 Å². The molecule has 0 aliphatic rings. The molecular weight excluding hydrogens is 280 g/mol. The van der Waals surface area contributed by atoms with Gasteiger partial charge < -0.3 is 10.3 Å². The summed E-state index contributed by atoms with van der Waals surface area (Å²) in [7, 11) is -3.64. The second-order valence-electron chi connectivity index (χ2n) is 4.30. The quantitative estimate of drug-likeness (QED) is 0.837. The molecule has 1 aromatic heterocycles. The van der Waals surface area contributed by atoms with Crippen LogP contribution in [0.15, 0.2) is 27.6 Å². The van der Waals surface area contributed by atoms with Gasteiger partial charge in [-0.1, -0.05) is 17.3 Å². The fraction of sp³-hybridized carbons (Fsp3) is 0.333. The number of benzene rings is 1. The van der Waals surface area contributed by atoms with E-state index in [4.69, 9.17) is 10.3 Å². The third-order valence-corrected chi connectivity index (χ3v) is 4.44. The second-order valence-corrected chi connectivity index (χ2v) is 6.03. The molecular formula is C12H16N4O3S. The minimum absolute atomic E-state index is 0.0219. The number of aromatic nitrogens is 2. The van der Waals surface area contributed by atoms with E-state index in [2.05, 4.69) is 14.9 Å². The number of sulfonamides is 1. The summed E-state index contributed by atoms with van der Waals surface area (Å²) in [5, 5.41) is 3.64. The van der Waals surface area contributed by atoms with Crippen LogP contribution >= 0.6 is 0 Å². The molecule has 1 aromatic carbocycles. The summed E-state index contributed by atoms with van der Waals surface area (Å²) in [6, 6.07) is 5.01. The Morgan fingerprint density at radius 2 is 2.10 bits per heavy atom. The van der Waals surface area contributed by atoms with Gasteiger partial charge in [0, 0.05) is 13.5 Å². The van der Waals surface area contributed by atoms with Crippen molar-refractivity contribution in [2.24, 2.45) is 5.73 Å². The van der Waals surface area contributed by atoms with Gasteiger partial charge in [-0.15, -0.1) is 0 Å². The van der Waals surface area contributed by atoms with Gasteiger partial charge in [0.05, 0.1) is 11.4 Å². The molecule has 0 aliphatic carbocycles. The first-order valence-electron chi connectivity index (χ1n) is 6.01. The number of nitrogens with zero attached hydrogens (tertiary/aromatic N) is 2. The molecule has 0 amide bonds. The average molecular weight is 296 g/mol. The van der Waals surface area contributed by atoms with Gasteiger partial charge in [0.1, 0.15) is 0 Å². The smallest absolute Gasteiger partial charge is 0.241 e. The molecule has 0 atom stereocenters. The van der Waals surface area contributed by atoms with Crippen LogP contribution < -0.4 is 10.5 Å². The standard InChI is InChI=1S/C12H16N4O3S/c1-8-10(6-13)4-3-5-11(8)20(17,18)14-7-12-15-9(2)19-16-12/h3-5,14H,6-7,13H2,1-2H3. The Morgan fingerprint density at radius 1 is 1.35 bits per heavy atom. The predicted octanol–water partition coefficient (Wildman–Crippen LogP) is 0.624. The molecule has 0 saturated heterocycles. The first-order chi connectivity index (χ1) is 9.44. The summed E-state index contributed by atoms with van der Waals surface area (Å²) in [6.07, 6.45) is 0. The lowest BCUT2D eigenvalue weighted by Crippen LogP contribution is -2.25. The van der Waals surface area contributed by atoms with Crippen LogP contribution in [-0.2, 0) is 23.1 Å². The summed E-state index contributed by atoms with van der Waals surface area (Å²) in [5.41, 5.74) is 7.02. The van der Waals surface area contributed by atoms with E-state index in [-0.39, 0.29) is 11.4 Å². The third-order valence-electron chi connectivity index (χ3n) is 2.90. The average Bonchev–Trinajstić information content (AvgIpc) is 2.82. The van der Waals surface area contributed by atoms with Gasteiger partial charge in [0.15, 0.2) is 5.82 Å². The summed E-state index contributed by atoms with van der Waals surface area (Å²) >= 11 is 0. The molecule has 0 unspecified atom stereocenters. The minimum Gasteiger partial charge on any atom is -0.340 e. The van der Waals surface area contributed by atoms with E-state index in [9.17, 15) is 8.42 Å². The van der Waals surface area contributed by atoms with Crippen molar-refractivity contribution in [2.75, 3.05) is 0 Å². The molecule has 0 spiro atoms. The van der Waals surface area contributed by atoms with E-state index in [0.717, 1.165) is 5.56 Å². The number of hydrogen-bond donors (Lipinski definition) is 2. The highest BCUT2D eigenvalue weighted by molar-refractivity contribution is 7.89. The van der Waals surface area contributed by atoms with Crippen molar-refractivity contribution in [1.29, 1.82) is 0 Å². The fourth-order valence-electron chi connectivity index (χ4n) is 1.82. The van der Waals surface area contributed by atoms with Crippen LogP contribution in [0.5, 0.6) is 0 Å². The van der Waals surface area contributed by atoms with E-state index in [1.165, 1.54) is 6.07 Å². The predicted molar refractivity (Wildman–Crippen MR) is 72.1 cm³/mol. The summed E-state index contributed by atoms with van der Waals surface area (Å²) in [4.78, 5) is 4.15. The lowest BCUT2D eigenvalue weighted by Gasteiger charge is -2.10. The summed E-state index contributed by atoms with van der Waals surface area (Å²) in [6.45, 7) is 3.64. The van der Waals surface area contributed by atoms with Crippen molar-refractivity contribution < 1.29 is 12.9 Å². The molecule has 7 nitrogen and oxygen atoms in total. The number of nitrogens with two attached hydrogens (primary N) is 1. The first-order valence-corrected chi connectivity index (χ1v) is 7.50. The normalized spacial score (nSPS) is 11.8. The maximum atomic E-state index is 12.3. The van der Waals surface area contributed by atoms with E-state index < -0.39 is 10.0 Å². The third kappa shape index (κ3) is 3.03. The van der Waals surface area contributed by atoms with Crippen molar-refractivity contribution in [3.05, 3.63) is 41.0 Å². The van der Waals surface area contributed by atoms with Crippen LogP contribution in [0.2, 0.25) is 0 Å². The van der Waals surface area contributed by atoms with Crippen LogP contribution in [-0.4, -0.2) is 18.6 Å². The Morgan fingerprint density at radius 3 is 2.70 bits per heavy atom. The Bertz CT molecular complexity index is 709. The van der Waals surface area contributed by atoms with Crippen LogP contribution in [0.25, 0.3) is 0 Å². The molecule has 2 aromatic rings. The Kier molecular flexibility index (Phi) is 4.17. The Labute approximate surface area is 117 Å². The lowest BCUT2D eigenvalue weighted by atomic mass is 10.1. The molecule has 20 heavy (non-hydrogen) atoms. The van der Waals surface area contributed by atoms with Gasteiger partial charge in [-0.3, -0.25) is 0 Å². The molecule has 3 N–H and O–H groups in total. The molecule has 0 bridgehead atoms. The number of nitrogens with one attached hydrogen (secondary N) is 1. The van der Waals surface area contributed by atoms with E-state index in [1.807, 2.05) is 0 Å². The largest absolute Gasteiger partial charge is 0.340 e. The van der Waals surface area contributed by atoms with Crippen molar-refractivity contribution in [3.8, 4) is 0 Å². The monoisotopic (exact) mass is 296 g/mol. The minimum atomic E-state index is -3.64. The van der Waals surface area contributed by atoms with Gasteiger partial charge in [-0.25, -0.2) is 13.1 Å². The number of aryl methyl sites for hydroxylation is 1. The Hall–Kier alpha value is -1.77. The van der Waals surface area contributed by atoms with Crippen molar-refractivity contribution in [1.82, 2.24) is 14.9 Å². The van der Waals surface area contributed by atoms with E-state index >= 15 is 0 Å². The van der Waals surface area contributed by atoms with Crippen LogP contribution in [0.1, 0.15) is 22.8 Å². The van der Waals surface area contributed by atoms with Gasteiger partial charge in [0.25, 0.3) is 0 Å². The molecule has 8 heteroatoms. The zero-order valence-corrected chi connectivity index (χ0v) is 12.1. The molecule has 0 radical (unpaired) electrons. The van der Waals surface area contributed by atoms with Gasteiger partial charge in [-0.2, -0.15) is 4.98 Å². The second kappa shape index (κ2) is 5.70. The summed E-state index contributed by atoms with van der Waals surface area (Å²) < 4.78 is 31.8. The summed E-state index contributed by atoms with van der Waals surface area (Å²) in [5.74, 6) is 0.680. The molecule has 108 valence electrons. The fourth-order valence-corrected chi connectivity index (χ4v) is 3.09.